The lowest BCUT2D eigenvalue weighted by Crippen LogP contribution is -2.28. The maximum absolute atomic E-state index is 11.3. The van der Waals surface area contributed by atoms with Crippen LogP contribution in [0.1, 0.15) is 10.5 Å². The van der Waals surface area contributed by atoms with Crippen molar-refractivity contribution in [3.8, 4) is 0 Å². The van der Waals surface area contributed by atoms with E-state index in [0.29, 0.717) is 11.3 Å². The summed E-state index contributed by atoms with van der Waals surface area (Å²) in [5.74, 6) is -0.331. The molecule has 0 unspecified atom stereocenters. The number of pyridine rings is 1. The maximum atomic E-state index is 11.3. The highest BCUT2D eigenvalue weighted by molar-refractivity contribution is 7.16. The molecule has 65 valence electrons. The molecule has 0 saturated heterocycles. The zero-order valence-electron chi connectivity index (χ0n) is 7.10. The number of nitrogens with zero attached hydrogens (tertiary/aromatic N) is 2. The van der Waals surface area contributed by atoms with Gasteiger partial charge in [0.05, 0.1) is 10.2 Å². The van der Waals surface area contributed by atoms with Crippen LogP contribution < -0.4 is 5.23 Å². The Morgan fingerprint density at radius 3 is 3.21 bits per heavy atom. The van der Waals surface area contributed by atoms with E-state index in [1.54, 1.807) is 11.6 Å². The Labute approximate surface area is 86.4 Å². The average Bonchev–Trinajstić information content (AvgIpc) is 2.64. The van der Waals surface area contributed by atoms with Crippen molar-refractivity contribution in [2.45, 2.75) is 0 Å². The highest BCUT2D eigenvalue weighted by atomic mass is 32.1. The van der Waals surface area contributed by atoms with E-state index in [2.05, 4.69) is 15.2 Å². The fourth-order valence-electron chi connectivity index (χ4n) is 1.03. The summed E-state index contributed by atoms with van der Waals surface area (Å²) in [7, 11) is 6.14. The molecule has 2 rings (SSSR count). The molecule has 7 heteroatoms. The number of hydrogen-bond donors (Lipinski definition) is 1. The van der Waals surface area contributed by atoms with Gasteiger partial charge in [0, 0.05) is 7.74 Å². The Bertz CT molecular complexity index is 473. The molecule has 14 heavy (non-hydrogen) atoms. The molecule has 0 aliphatic carbocycles. The van der Waals surface area contributed by atoms with E-state index in [4.69, 9.17) is 7.74 Å². The van der Waals surface area contributed by atoms with Crippen molar-refractivity contribution in [1.82, 2.24) is 15.2 Å². The molecule has 0 saturated carbocycles. The van der Waals surface area contributed by atoms with Gasteiger partial charge in [-0.1, -0.05) is 0 Å². The van der Waals surface area contributed by atoms with Gasteiger partial charge in [0.2, 0.25) is 0 Å². The molecule has 1 N–H and O–H groups in total. The quantitative estimate of drug-likeness (QED) is 0.700. The molecule has 3 radical (unpaired) electrons. The molecule has 0 fully saturated rings. The van der Waals surface area contributed by atoms with Crippen LogP contribution in [0.5, 0.6) is 0 Å². The Kier molecular flexibility index (Phi) is 2.49. The lowest BCUT2D eigenvalue weighted by molar-refractivity contribution is 0.0976. The van der Waals surface area contributed by atoms with Crippen LogP contribution >= 0.6 is 11.3 Å². The van der Waals surface area contributed by atoms with Crippen LogP contribution in [-0.2, 0) is 0 Å². The first kappa shape index (κ1) is 9.20. The maximum Gasteiger partial charge on any atom is 0.257 e. The molecule has 0 aliphatic rings. The fraction of sp³-hybridized carbons (Fsp3) is 0. The molecule has 2 heterocycles. The lowest BCUT2D eigenvalue weighted by atomic mass is 9.67. The summed E-state index contributed by atoms with van der Waals surface area (Å²) in [5, 5.41) is 2.35. The summed E-state index contributed by atoms with van der Waals surface area (Å²) in [4.78, 5) is 19.4. The SMILES string of the molecule is [B][B]NC(=O)c1ccc2scnc2n1. The van der Waals surface area contributed by atoms with Gasteiger partial charge in [-0.05, 0) is 12.1 Å². The Hall–Kier alpha value is -1.36. The van der Waals surface area contributed by atoms with E-state index in [1.807, 2.05) is 6.07 Å². The zero-order valence-corrected chi connectivity index (χ0v) is 7.91. The second-order valence-corrected chi connectivity index (χ2v) is 3.40. The first-order valence-electron chi connectivity index (χ1n) is 3.86. The van der Waals surface area contributed by atoms with Crippen LogP contribution in [0.4, 0.5) is 0 Å². The van der Waals surface area contributed by atoms with E-state index in [1.165, 1.54) is 11.3 Å². The number of carbonyl (C=O) groups excluding carboxylic acids is 1. The summed E-state index contributed by atoms with van der Waals surface area (Å²) in [6.45, 7) is 0. The van der Waals surface area contributed by atoms with Crippen molar-refractivity contribution < 1.29 is 4.79 Å². The molecule has 0 bridgehead atoms. The van der Waals surface area contributed by atoms with Crippen molar-refractivity contribution in [2.75, 3.05) is 0 Å². The van der Waals surface area contributed by atoms with Gasteiger partial charge in [0.1, 0.15) is 5.69 Å². The number of amides is 1. The summed E-state index contributed by atoms with van der Waals surface area (Å²) < 4.78 is 0.957. The number of fused-ring (bicyclic) bond motifs is 1. The number of nitrogens with one attached hydrogen (secondary N) is 1. The monoisotopic (exact) mass is 200 g/mol. The van der Waals surface area contributed by atoms with E-state index < -0.39 is 0 Å². The zero-order chi connectivity index (χ0) is 9.97. The first-order chi connectivity index (χ1) is 6.81. The van der Waals surface area contributed by atoms with Crippen LogP contribution in [0.3, 0.4) is 0 Å². The second kappa shape index (κ2) is 3.79. The van der Waals surface area contributed by atoms with Gasteiger partial charge in [-0.2, -0.15) is 0 Å². The predicted molar refractivity (Wildman–Crippen MR) is 56.4 cm³/mol. The minimum Gasteiger partial charge on any atom is -0.407 e. The number of carbonyl (C=O) groups is 1. The Morgan fingerprint density at radius 2 is 2.43 bits per heavy atom. The van der Waals surface area contributed by atoms with Gasteiger partial charge in [0.15, 0.2) is 13.0 Å². The largest absolute Gasteiger partial charge is 0.407 e. The van der Waals surface area contributed by atoms with E-state index in [0.717, 1.165) is 12.0 Å². The molecular formula is C7H4B2N3OS. The van der Waals surface area contributed by atoms with Crippen LogP contribution in [0.2, 0.25) is 0 Å². The van der Waals surface area contributed by atoms with E-state index >= 15 is 0 Å². The molecule has 2 aromatic heterocycles. The van der Waals surface area contributed by atoms with Gasteiger partial charge in [-0.25, -0.2) is 9.97 Å². The van der Waals surface area contributed by atoms with Gasteiger partial charge in [-0.3, -0.25) is 4.79 Å². The summed E-state index contributed by atoms with van der Waals surface area (Å²) in [5.41, 5.74) is 2.58. The van der Waals surface area contributed by atoms with Crippen LogP contribution in [-0.4, -0.2) is 30.9 Å². The molecule has 0 atom stereocenters. The Morgan fingerprint density at radius 1 is 1.57 bits per heavy atom. The standard InChI is InChI=1S/C7H4B2N3OS/c8-9-12-7(13)4-1-2-5-6(11-4)10-3-14-5/h1-3H,(H,12,13). The Balaban J connectivity index is 2.38. The molecule has 2 aromatic rings. The third kappa shape index (κ3) is 1.63. The number of rotatable bonds is 2. The summed E-state index contributed by atoms with van der Waals surface area (Å²) in [6, 6.07) is 3.45. The molecule has 0 spiro atoms. The van der Waals surface area contributed by atoms with Crippen LogP contribution in [0, 0.1) is 0 Å². The van der Waals surface area contributed by atoms with Gasteiger partial charge in [-0.15, -0.1) is 11.3 Å². The first-order valence-corrected chi connectivity index (χ1v) is 4.74. The molecular weight excluding hydrogens is 196 g/mol. The highest BCUT2D eigenvalue weighted by Gasteiger charge is 2.07. The van der Waals surface area contributed by atoms with Gasteiger partial charge in [0.25, 0.3) is 5.91 Å². The molecule has 0 aromatic carbocycles. The predicted octanol–water partition coefficient (Wildman–Crippen LogP) is 0.124. The van der Waals surface area contributed by atoms with Gasteiger partial charge >= 0.3 is 0 Å². The van der Waals surface area contributed by atoms with E-state index in [9.17, 15) is 4.79 Å². The van der Waals surface area contributed by atoms with Crippen LogP contribution in [0.25, 0.3) is 10.3 Å². The molecule has 1 amide bonds. The number of aromatic nitrogens is 2. The van der Waals surface area contributed by atoms with Gasteiger partial charge < -0.3 is 5.23 Å². The lowest BCUT2D eigenvalue weighted by Gasteiger charge is -1.99. The minimum atomic E-state index is -0.331. The van der Waals surface area contributed by atoms with Crippen molar-refractivity contribution in [3.63, 3.8) is 0 Å². The van der Waals surface area contributed by atoms with Crippen molar-refractivity contribution in [2.24, 2.45) is 0 Å². The normalized spacial score (nSPS) is 10.0. The number of hydrogen-bond acceptors (Lipinski definition) is 4. The fourth-order valence-corrected chi connectivity index (χ4v) is 1.65. The van der Waals surface area contributed by atoms with Crippen molar-refractivity contribution in [3.05, 3.63) is 23.3 Å². The number of thiazole rings is 1. The highest BCUT2D eigenvalue weighted by Crippen LogP contribution is 2.15. The van der Waals surface area contributed by atoms with Crippen molar-refractivity contribution in [1.29, 1.82) is 0 Å². The minimum absolute atomic E-state index is 0.310. The smallest absolute Gasteiger partial charge is 0.257 e. The third-order valence-electron chi connectivity index (χ3n) is 1.64. The average molecular weight is 200 g/mol. The van der Waals surface area contributed by atoms with Crippen molar-refractivity contribution >= 4 is 42.6 Å². The van der Waals surface area contributed by atoms with Crippen LogP contribution in [0.15, 0.2) is 17.6 Å². The topological polar surface area (TPSA) is 54.9 Å². The molecule has 4 nitrogen and oxygen atoms in total. The molecule has 0 aliphatic heterocycles. The van der Waals surface area contributed by atoms with E-state index in [-0.39, 0.29) is 5.91 Å². The second-order valence-electron chi connectivity index (χ2n) is 2.51. The summed E-state index contributed by atoms with van der Waals surface area (Å²) >= 11 is 1.48. The summed E-state index contributed by atoms with van der Waals surface area (Å²) in [6.07, 6.45) is 0. The third-order valence-corrected chi connectivity index (χ3v) is 2.42.